The first kappa shape index (κ1) is 12.5. The van der Waals surface area contributed by atoms with Gasteiger partial charge in [0.25, 0.3) is 5.91 Å². The van der Waals surface area contributed by atoms with Crippen LogP contribution in [0.2, 0.25) is 0 Å². The first-order valence-corrected chi connectivity index (χ1v) is 5.89. The van der Waals surface area contributed by atoms with Gasteiger partial charge in [-0.15, -0.1) is 10.2 Å². The molecule has 1 aliphatic rings. The molecule has 0 saturated heterocycles. The van der Waals surface area contributed by atoms with E-state index < -0.39 is 5.91 Å². The molecule has 0 unspecified atom stereocenters. The van der Waals surface area contributed by atoms with Crippen molar-refractivity contribution in [3.8, 4) is 0 Å². The van der Waals surface area contributed by atoms with Crippen molar-refractivity contribution in [1.29, 1.82) is 0 Å². The summed E-state index contributed by atoms with van der Waals surface area (Å²) in [4.78, 5) is 10.8. The molecule has 1 amide bonds. The van der Waals surface area contributed by atoms with Gasteiger partial charge in [0, 0.05) is 6.54 Å². The van der Waals surface area contributed by atoms with Crippen LogP contribution in [0, 0.1) is 0 Å². The van der Waals surface area contributed by atoms with E-state index in [2.05, 4.69) is 21.6 Å². The minimum absolute atomic E-state index is 0.174. The summed E-state index contributed by atoms with van der Waals surface area (Å²) in [5.41, 5.74) is 6.65. The van der Waals surface area contributed by atoms with Gasteiger partial charge in [-0.2, -0.15) is 0 Å². The number of ether oxygens (including phenoxy) is 1. The molecule has 0 atom stereocenters. The maximum absolute atomic E-state index is 10.8. The van der Waals surface area contributed by atoms with Crippen LogP contribution in [0.25, 0.3) is 0 Å². The molecule has 2 rings (SSSR count). The van der Waals surface area contributed by atoms with Crippen LogP contribution >= 0.6 is 0 Å². The van der Waals surface area contributed by atoms with Crippen LogP contribution in [0.1, 0.15) is 23.3 Å². The monoisotopic (exact) mass is 248 g/mol. The fourth-order valence-electron chi connectivity index (χ4n) is 1.70. The van der Waals surface area contributed by atoms with Crippen molar-refractivity contribution in [3.63, 3.8) is 0 Å². The Kier molecular flexibility index (Phi) is 4.25. The summed E-state index contributed by atoms with van der Waals surface area (Å²) in [6.07, 6.45) is 4.07. The van der Waals surface area contributed by atoms with Crippen molar-refractivity contribution in [2.75, 3.05) is 25.1 Å². The van der Waals surface area contributed by atoms with Crippen LogP contribution < -0.4 is 11.1 Å². The van der Waals surface area contributed by atoms with Crippen LogP contribution in [-0.2, 0) is 4.74 Å². The summed E-state index contributed by atoms with van der Waals surface area (Å²) in [5, 5.41) is 10.7. The van der Waals surface area contributed by atoms with Crippen LogP contribution in [0.3, 0.4) is 0 Å². The average molecular weight is 248 g/mol. The Balaban J connectivity index is 1.79. The van der Waals surface area contributed by atoms with Gasteiger partial charge in [-0.05, 0) is 25.0 Å². The van der Waals surface area contributed by atoms with Crippen LogP contribution in [0.4, 0.5) is 5.82 Å². The third-order valence-electron chi connectivity index (χ3n) is 2.73. The molecule has 0 spiro atoms. The highest BCUT2D eigenvalue weighted by Gasteiger charge is 2.05. The van der Waals surface area contributed by atoms with Gasteiger partial charge in [0.05, 0.1) is 13.2 Å². The van der Waals surface area contributed by atoms with E-state index in [1.165, 1.54) is 5.57 Å². The van der Waals surface area contributed by atoms with Crippen molar-refractivity contribution >= 4 is 11.7 Å². The normalized spacial score (nSPS) is 15.0. The Morgan fingerprint density at radius 3 is 2.94 bits per heavy atom. The molecule has 1 aliphatic heterocycles. The molecule has 1 aromatic heterocycles. The summed E-state index contributed by atoms with van der Waals surface area (Å²) in [6.45, 7) is 2.30. The molecule has 0 radical (unpaired) electrons. The van der Waals surface area contributed by atoms with Gasteiger partial charge in [0.1, 0.15) is 5.82 Å². The molecular formula is C12H16N4O2. The van der Waals surface area contributed by atoms with Crippen molar-refractivity contribution in [1.82, 2.24) is 10.2 Å². The molecule has 0 fully saturated rings. The number of aromatic nitrogens is 2. The largest absolute Gasteiger partial charge is 0.377 e. The molecule has 6 nitrogen and oxygen atoms in total. The topological polar surface area (TPSA) is 90.1 Å². The molecule has 96 valence electrons. The number of nitrogens with one attached hydrogen (secondary N) is 1. The number of nitrogens with zero attached hydrogens (tertiary/aromatic N) is 2. The minimum Gasteiger partial charge on any atom is -0.377 e. The van der Waals surface area contributed by atoms with Crippen molar-refractivity contribution in [2.45, 2.75) is 12.8 Å². The van der Waals surface area contributed by atoms with Crippen molar-refractivity contribution in [3.05, 3.63) is 29.5 Å². The van der Waals surface area contributed by atoms with Gasteiger partial charge < -0.3 is 15.8 Å². The first-order chi connectivity index (χ1) is 8.75. The summed E-state index contributed by atoms with van der Waals surface area (Å²) in [5.74, 6) is 0.0778. The van der Waals surface area contributed by atoms with E-state index in [0.717, 1.165) is 26.0 Å². The zero-order valence-electron chi connectivity index (χ0n) is 10.1. The van der Waals surface area contributed by atoms with Gasteiger partial charge in [0.2, 0.25) is 0 Å². The number of rotatable bonds is 5. The Morgan fingerprint density at radius 1 is 1.44 bits per heavy atom. The van der Waals surface area contributed by atoms with Crippen LogP contribution in [0.15, 0.2) is 23.8 Å². The lowest BCUT2D eigenvalue weighted by Crippen LogP contribution is -2.14. The number of anilines is 1. The van der Waals surface area contributed by atoms with Gasteiger partial charge >= 0.3 is 0 Å². The Labute approximate surface area is 105 Å². The highest BCUT2D eigenvalue weighted by Crippen LogP contribution is 2.12. The second kappa shape index (κ2) is 6.11. The standard InChI is InChI=1S/C12H16N4O2/c13-12(17)10-1-2-11(16-15-10)14-6-3-9-4-7-18-8-5-9/h1-2,4H,3,5-8H2,(H2,13,17)(H,14,16). The fraction of sp³-hybridized carbons (Fsp3) is 0.417. The maximum Gasteiger partial charge on any atom is 0.269 e. The second-order valence-electron chi connectivity index (χ2n) is 4.03. The number of hydrogen-bond acceptors (Lipinski definition) is 5. The summed E-state index contributed by atoms with van der Waals surface area (Å²) in [7, 11) is 0. The molecule has 0 saturated carbocycles. The molecule has 6 heteroatoms. The lowest BCUT2D eigenvalue weighted by Gasteiger charge is -2.13. The lowest BCUT2D eigenvalue weighted by atomic mass is 10.1. The second-order valence-corrected chi connectivity index (χ2v) is 4.03. The molecular weight excluding hydrogens is 232 g/mol. The molecule has 18 heavy (non-hydrogen) atoms. The van der Waals surface area contributed by atoms with E-state index in [-0.39, 0.29) is 5.69 Å². The molecule has 3 N–H and O–H groups in total. The number of amides is 1. The van der Waals surface area contributed by atoms with Gasteiger partial charge in [0.15, 0.2) is 5.69 Å². The van der Waals surface area contributed by atoms with E-state index in [4.69, 9.17) is 10.5 Å². The highest BCUT2D eigenvalue weighted by molar-refractivity contribution is 5.90. The van der Waals surface area contributed by atoms with Gasteiger partial charge in [-0.3, -0.25) is 4.79 Å². The van der Waals surface area contributed by atoms with Crippen molar-refractivity contribution in [2.24, 2.45) is 5.73 Å². The van der Waals surface area contributed by atoms with E-state index in [9.17, 15) is 4.79 Å². The first-order valence-electron chi connectivity index (χ1n) is 5.89. The molecule has 2 heterocycles. The molecule has 0 bridgehead atoms. The average Bonchev–Trinajstić information content (AvgIpc) is 2.40. The molecule has 0 aliphatic carbocycles. The predicted molar refractivity (Wildman–Crippen MR) is 67.2 cm³/mol. The smallest absolute Gasteiger partial charge is 0.269 e. The van der Waals surface area contributed by atoms with E-state index >= 15 is 0 Å². The Hall–Kier alpha value is -1.95. The summed E-state index contributed by atoms with van der Waals surface area (Å²) >= 11 is 0. The summed E-state index contributed by atoms with van der Waals surface area (Å²) in [6, 6.07) is 3.26. The van der Waals surface area contributed by atoms with Gasteiger partial charge in [-0.1, -0.05) is 11.6 Å². The number of carbonyl (C=O) groups is 1. The maximum atomic E-state index is 10.8. The predicted octanol–water partition coefficient (Wildman–Crippen LogP) is 0.724. The zero-order valence-corrected chi connectivity index (χ0v) is 10.1. The lowest BCUT2D eigenvalue weighted by molar-refractivity contribution is 0.0994. The third-order valence-corrected chi connectivity index (χ3v) is 2.73. The highest BCUT2D eigenvalue weighted by atomic mass is 16.5. The van der Waals surface area contributed by atoms with Gasteiger partial charge in [-0.25, -0.2) is 0 Å². The summed E-state index contributed by atoms with van der Waals surface area (Å²) < 4.78 is 5.24. The van der Waals surface area contributed by atoms with E-state index in [1.54, 1.807) is 12.1 Å². The third kappa shape index (κ3) is 3.53. The number of primary amides is 1. The number of hydrogen-bond donors (Lipinski definition) is 2. The van der Waals surface area contributed by atoms with E-state index in [0.29, 0.717) is 12.4 Å². The fourth-order valence-corrected chi connectivity index (χ4v) is 1.70. The quantitative estimate of drug-likeness (QED) is 0.749. The van der Waals surface area contributed by atoms with Crippen molar-refractivity contribution < 1.29 is 9.53 Å². The molecule has 0 aromatic carbocycles. The van der Waals surface area contributed by atoms with Crippen LogP contribution in [-0.4, -0.2) is 35.9 Å². The Morgan fingerprint density at radius 2 is 2.33 bits per heavy atom. The SMILES string of the molecule is NC(=O)c1ccc(NCCC2=CCOCC2)nn1. The zero-order chi connectivity index (χ0) is 12.8. The number of carbonyl (C=O) groups excluding carboxylic acids is 1. The van der Waals surface area contributed by atoms with E-state index in [1.807, 2.05) is 0 Å². The minimum atomic E-state index is -0.568. The van der Waals surface area contributed by atoms with Crippen LogP contribution in [0.5, 0.6) is 0 Å². The number of nitrogens with two attached hydrogens (primary N) is 1. The molecule has 1 aromatic rings. The Bertz CT molecular complexity index is 442.